The molecule has 4 nitrogen and oxygen atoms in total. The summed E-state index contributed by atoms with van der Waals surface area (Å²) in [5.41, 5.74) is 4.31. The van der Waals surface area contributed by atoms with Gasteiger partial charge in [0.2, 0.25) is 0 Å². The van der Waals surface area contributed by atoms with Gasteiger partial charge in [-0.25, -0.2) is 0 Å². The fourth-order valence-electron chi connectivity index (χ4n) is 3.49. The Hall–Kier alpha value is -3.05. The molecule has 1 atom stereocenters. The van der Waals surface area contributed by atoms with Crippen molar-refractivity contribution in [3.8, 4) is 5.75 Å². The second-order valence-corrected chi connectivity index (χ2v) is 7.74. The zero-order chi connectivity index (χ0) is 20.4. The van der Waals surface area contributed by atoms with Gasteiger partial charge in [-0.2, -0.15) is 0 Å². The van der Waals surface area contributed by atoms with Gasteiger partial charge in [0, 0.05) is 21.4 Å². The molecule has 4 rings (SSSR count). The fourth-order valence-corrected chi connectivity index (χ4v) is 3.96. The van der Waals surface area contributed by atoms with E-state index >= 15 is 0 Å². The molecule has 1 heterocycles. The maximum Gasteiger partial charge on any atom is 0.262 e. The third kappa shape index (κ3) is 3.78. The van der Waals surface area contributed by atoms with Crippen LogP contribution in [0.5, 0.6) is 5.75 Å². The van der Waals surface area contributed by atoms with Gasteiger partial charge in [-0.15, -0.1) is 0 Å². The average Bonchev–Trinajstić information content (AvgIpc) is 2.73. The zero-order valence-electron chi connectivity index (χ0n) is 16.1. The van der Waals surface area contributed by atoms with Crippen molar-refractivity contribution in [3.63, 3.8) is 0 Å². The monoisotopic (exact) mass is 448 g/mol. The number of nitrogens with one attached hydrogen (secondary N) is 1. The summed E-state index contributed by atoms with van der Waals surface area (Å²) in [6.07, 6.45) is 1.32. The molecule has 1 amide bonds. The normalized spacial score (nSPS) is 15.4. The number of nitrogens with zero attached hydrogens (tertiary/aromatic N) is 1. The number of aryl methyl sites for hydroxylation is 1. The Kier molecular flexibility index (Phi) is 5.41. The highest BCUT2D eigenvalue weighted by Crippen LogP contribution is 2.40. The quantitative estimate of drug-likeness (QED) is 0.479. The number of ether oxygens (including phenoxy) is 1. The summed E-state index contributed by atoms with van der Waals surface area (Å²) in [6, 6.07) is 21.3. The molecule has 0 fully saturated rings. The Morgan fingerprint density at radius 2 is 1.97 bits per heavy atom. The van der Waals surface area contributed by atoms with Gasteiger partial charge in [0.1, 0.15) is 18.5 Å². The lowest BCUT2D eigenvalue weighted by atomic mass is 10.0. The van der Waals surface area contributed by atoms with E-state index in [0.29, 0.717) is 12.2 Å². The van der Waals surface area contributed by atoms with E-state index in [9.17, 15) is 4.79 Å². The summed E-state index contributed by atoms with van der Waals surface area (Å²) in [5.74, 6) is 0.680. The van der Waals surface area contributed by atoms with Gasteiger partial charge in [0.25, 0.3) is 5.91 Å². The number of benzene rings is 3. The lowest BCUT2D eigenvalue weighted by molar-refractivity contribution is 0.0975. The van der Waals surface area contributed by atoms with E-state index in [1.807, 2.05) is 73.7 Å². The number of hydrogen-bond acceptors (Lipinski definition) is 3. The standard InChI is InChI=1S/C24H21BrN2O2/c1-3-13-29-18-11-12-21(25)20(15-18)23-26-22-10-5-4-9-19(22)24(28)27(23)17-8-6-7-16(2)14-17/h3-12,14-15,23,26H,1,13H2,2H3/t23-/m0/s1. The topological polar surface area (TPSA) is 41.6 Å². The summed E-state index contributed by atoms with van der Waals surface area (Å²) in [6.45, 7) is 6.14. The lowest BCUT2D eigenvalue weighted by Gasteiger charge is -2.38. The van der Waals surface area contributed by atoms with Crippen molar-refractivity contribution >= 4 is 33.2 Å². The Morgan fingerprint density at radius 3 is 2.76 bits per heavy atom. The van der Waals surface area contributed by atoms with Crippen molar-refractivity contribution in [2.24, 2.45) is 0 Å². The molecule has 0 saturated carbocycles. The second kappa shape index (κ2) is 8.13. The van der Waals surface area contributed by atoms with Gasteiger partial charge in [-0.1, -0.05) is 52.9 Å². The van der Waals surface area contributed by atoms with Crippen LogP contribution in [0.15, 0.2) is 83.9 Å². The van der Waals surface area contributed by atoms with Crippen molar-refractivity contribution in [2.45, 2.75) is 13.1 Å². The highest BCUT2D eigenvalue weighted by Gasteiger charge is 2.35. The number of para-hydroxylation sites is 1. The summed E-state index contributed by atoms with van der Waals surface area (Å²) in [7, 11) is 0. The summed E-state index contributed by atoms with van der Waals surface area (Å²) in [4.78, 5) is 15.3. The van der Waals surface area contributed by atoms with E-state index in [4.69, 9.17) is 4.74 Å². The number of rotatable bonds is 5. The SMILES string of the molecule is C=CCOc1ccc(Br)c([C@H]2Nc3ccccc3C(=O)N2c2cccc(C)c2)c1. The van der Waals surface area contributed by atoms with Crippen molar-refractivity contribution < 1.29 is 9.53 Å². The molecular weight excluding hydrogens is 428 g/mol. The maximum atomic E-state index is 13.5. The predicted molar refractivity (Wildman–Crippen MR) is 121 cm³/mol. The van der Waals surface area contributed by atoms with E-state index in [2.05, 4.69) is 27.8 Å². The minimum atomic E-state index is -0.388. The Balaban J connectivity index is 1.85. The first kappa shape index (κ1) is 19.3. The molecule has 0 unspecified atom stereocenters. The number of carbonyl (C=O) groups excluding carboxylic acids is 1. The van der Waals surface area contributed by atoms with Crippen LogP contribution in [-0.4, -0.2) is 12.5 Å². The van der Waals surface area contributed by atoms with Crippen LogP contribution in [0.3, 0.4) is 0 Å². The van der Waals surface area contributed by atoms with Gasteiger partial charge < -0.3 is 10.1 Å². The fraction of sp³-hybridized carbons (Fsp3) is 0.125. The largest absolute Gasteiger partial charge is 0.490 e. The van der Waals surface area contributed by atoms with Crippen LogP contribution < -0.4 is 15.0 Å². The molecule has 3 aromatic carbocycles. The van der Waals surface area contributed by atoms with Gasteiger partial charge in [0.15, 0.2) is 0 Å². The minimum absolute atomic E-state index is 0.0423. The number of halogens is 1. The number of amides is 1. The molecular formula is C24H21BrN2O2. The smallest absolute Gasteiger partial charge is 0.262 e. The molecule has 146 valence electrons. The van der Waals surface area contributed by atoms with E-state index in [1.54, 1.807) is 11.0 Å². The maximum absolute atomic E-state index is 13.5. The molecule has 0 aliphatic carbocycles. The molecule has 0 aromatic heterocycles. The van der Waals surface area contributed by atoms with E-state index in [-0.39, 0.29) is 12.1 Å². The molecule has 5 heteroatoms. The molecule has 0 radical (unpaired) electrons. The molecule has 0 bridgehead atoms. The highest BCUT2D eigenvalue weighted by molar-refractivity contribution is 9.10. The first-order valence-electron chi connectivity index (χ1n) is 9.37. The van der Waals surface area contributed by atoms with Crippen LogP contribution in [0, 0.1) is 6.92 Å². The van der Waals surface area contributed by atoms with Crippen LogP contribution in [0.2, 0.25) is 0 Å². The number of anilines is 2. The summed E-state index contributed by atoms with van der Waals surface area (Å²) >= 11 is 3.65. The molecule has 3 aromatic rings. The molecule has 1 aliphatic rings. The average molecular weight is 449 g/mol. The Bertz CT molecular complexity index is 1080. The predicted octanol–water partition coefficient (Wildman–Crippen LogP) is 6.09. The number of hydrogen-bond donors (Lipinski definition) is 1. The van der Waals surface area contributed by atoms with Crippen molar-refractivity contribution in [1.29, 1.82) is 0 Å². The Morgan fingerprint density at radius 1 is 1.14 bits per heavy atom. The lowest BCUT2D eigenvalue weighted by Crippen LogP contribution is -2.43. The Labute approximate surface area is 178 Å². The third-order valence-corrected chi connectivity index (χ3v) is 5.56. The van der Waals surface area contributed by atoms with Crippen LogP contribution in [0.1, 0.15) is 27.7 Å². The van der Waals surface area contributed by atoms with Gasteiger partial charge in [-0.3, -0.25) is 9.69 Å². The van der Waals surface area contributed by atoms with Crippen molar-refractivity contribution in [1.82, 2.24) is 0 Å². The van der Waals surface area contributed by atoms with Crippen LogP contribution in [-0.2, 0) is 0 Å². The summed E-state index contributed by atoms with van der Waals surface area (Å²) in [5, 5.41) is 3.54. The minimum Gasteiger partial charge on any atom is -0.490 e. The molecule has 0 spiro atoms. The number of fused-ring (bicyclic) bond motifs is 1. The van der Waals surface area contributed by atoms with Gasteiger partial charge in [0.05, 0.1) is 5.56 Å². The van der Waals surface area contributed by atoms with E-state index in [1.165, 1.54) is 0 Å². The molecule has 1 aliphatic heterocycles. The summed E-state index contributed by atoms with van der Waals surface area (Å²) < 4.78 is 6.62. The number of carbonyl (C=O) groups is 1. The second-order valence-electron chi connectivity index (χ2n) is 6.89. The van der Waals surface area contributed by atoms with E-state index in [0.717, 1.165) is 32.7 Å². The van der Waals surface area contributed by atoms with Crippen LogP contribution in [0.4, 0.5) is 11.4 Å². The zero-order valence-corrected chi connectivity index (χ0v) is 17.6. The molecule has 0 saturated heterocycles. The first-order valence-corrected chi connectivity index (χ1v) is 10.2. The van der Waals surface area contributed by atoms with Crippen molar-refractivity contribution in [2.75, 3.05) is 16.8 Å². The van der Waals surface area contributed by atoms with E-state index < -0.39 is 0 Å². The molecule has 1 N–H and O–H groups in total. The third-order valence-electron chi connectivity index (χ3n) is 4.84. The van der Waals surface area contributed by atoms with Crippen molar-refractivity contribution in [3.05, 3.63) is 101 Å². The van der Waals surface area contributed by atoms with Gasteiger partial charge >= 0.3 is 0 Å². The first-order chi connectivity index (χ1) is 14.1. The molecule has 29 heavy (non-hydrogen) atoms. The van der Waals surface area contributed by atoms with Crippen LogP contribution in [0.25, 0.3) is 0 Å². The van der Waals surface area contributed by atoms with Crippen LogP contribution >= 0.6 is 15.9 Å². The highest BCUT2D eigenvalue weighted by atomic mass is 79.9. The van der Waals surface area contributed by atoms with Gasteiger partial charge in [-0.05, 0) is 55.0 Å².